The molecule has 5 heteroatoms. The molecule has 0 fully saturated rings. The van der Waals surface area contributed by atoms with Crippen molar-refractivity contribution in [1.29, 1.82) is 0 Å². The van der Waals surface area contributed by atoms with E-state index in [0.29, 0.717) is 5.39 Å². The molecule has 0 saturated carbocycles. The quantitative estimate of drug-likeness (QED) is 0.746. The first-order valence-electron chi connectivity index (χ1n) is 3.95. The summed E-state index contributed by atoms with van der Waals surface area (Å²) in [5.74, 6) is -2.06. The van der Waals surface area contributed by atoms with Gasteiger partial charge in [-0.05, 0) is 12.1 Å². The van der Waals surface area contributed by atoms with Gasteiger partial charge in [0, 0.05) is 18.6 Å². The summed E-state index contributed by atoms with van der Waals surface area (Å²) >= 11 is 0. The molecule has 2 aromatic rings. The van der Waals surface area contributed by atoms with E-state index in [-0.39, 0.29) is 11.1 Å². The van der Waals surface area contributed by atoms with Gasteiger partial charge in [0.15, 0.2) is 0 Å². The molecule has 0 radical (unpaired) electrons. The third kappa shape index (κ3) is 1.14. The summed E-state index contributed by atoms with van der Waals surface area (Å²) in [5.41, 5.74) is -0.192. The summed E-state index contributed by atoms with van der Waals surface area (Å²) in [7, 11) is 1.66. The topological polar surface area (TPSA) is 55.1 Å². The largest absolute Gasteiger partial charge is 0.478 e. The van der Waals surface area contributed by atoms with Crippen LogP contribution in [-0.4, -0.2) is 20.9 Å². The van der Waals surface area contributed by atoms with Crippen LogP contribution in [0.25, 0.3) is 10.9 Å². The fourth-order valence-electron chi connectivity index (χ4n) is 1.39. The number of carboxylic acid groups (broad SMARTS) is 1. The first-order chi connectivity index (χ1) is 6.59. The van der Waals surface area contributed by atoms with Crippen molar-refractivity contribution >= 4 is 16.9 Å². The molecular weight excluding hydrogens is 187 g/mol. The first-order valence-corrected chi connectivity index (χ1v) is 3.95. The minimum atomic E-state index is -1.30. The molecular formula is C9H7FN2O2. The second-order valence-corrected chi connectivity index (χ2v) is 2.97. The fraction of sp³-hybridized carbons (Fsp3) is 0.111. The summed E-state index contributed by atoms with van der Waals surface area (Å²) in [6.07, 6.45) is 1.64. The zero-order valence-corrected chi connectivity index (χ0v) is 7.36. The molecule has 14 heavy (non-hydrogen) atoms. The van der Waals surface area contributed by atoms with Crippen molar-refractivity contribution in [3.63, 3.8) is 0 Å². The number of benzene rings is 1. The number of rotatable bonds is 1. The SMILES string of the molecule is Cn1cc2ccc(F)c(C(=O)O)c2n1. The van der Waals surface area contributed by atoms with Crippen LogP contribution in [-0.2, 0) is 7.05 Å². The molecule has 0 unspecified atom stereocenters. The lowest BCUT2D eigenvalue weighted by Gasteiger charge is -1.96. The lowest BCUT2D eigenvalue weighted by Crippen LogP contribution is -2.01. The predicted octanol–water partition coefficient (Wildman–Crippen LogP) is 1.41. The first kappa shape index (κ1) is 8.68. The van der Waals surface area contributed by atoms with Crippen LogP contribution in [0.4, 0.5) is 4.39 Å². The third-order valence-corrected chi connectivity index (χ3v) is 1.96. The maximum absolute atomic E-state index is 13.1. The average Bonchev–Trinajstić information content (AvgIpc) is 2.43. The van der Waals surface area contributed by atoms with Crippen molar-refractivity contribution in [1.82, 2.24) is 9.78 Å². The molecule has 0 atom stereocenters. The number of fused-ring (bicyclic) bond motifs is 1. The van der Waals surface area contributed by atoms with E-state index in [4.69, 9.17) is 5.11 Å². The highest BCUT2D eigenvalue weighted by molar-refractivity contribution is 6.01. The van der Waals surface area contributed by atoms with Crippen molar-refractivity contribution in [2.45, 2.75) is 0 Å². The van der Waals surface area contributed by atoms with Crippen LogP contribution in [0.1, 0.15) is 10.4 Å². The average molecular weight is 194 g/mol. The van der Waals surface area contributed by atoms with Crippen molar-refractivity contribution in [2.75, 3.05) is 0 Å². The van der Waals surface area contributed by atoms with Gasteiger partial charge in [0.1, 0.15) is 16.9 Å². The molecule has 1 heterocycles. The van der Waals surface area contributed by atoms with Gasteiger partial charge in [-0.25, -0.2) is 9.18 Å². The van der Waals surface area contributed by atoms with Crippen molar-refractivity contribution < 1.29 is 14.3 Å². The Balaban J connectivity index is 2.88. The van der Waals surface area contributed by atoms with Crippen LogP contribution >= 0.6 is 0 Å². The fourth-order valence-corrected chi connectivity index (χ4v) is 1.39. The van der Waals surface area contributed by atoms with Gasteiger partial charge >= 0.3 is 5.97 Å². The van der Waals surface area contributed by atoms with Gasteiger partial charge in [0.05, 0.1) is 0 Å². The number of halogens is 1. The number of aromatic carboxylic acids is 1. The van der Waals surface area contributed by atoms with E-state index in [2.05, 4.69) is 5.10 Å². The number of aryl methyl sites for hydroxylation is 1. The van der Waals surface area contributed by atoms with Gasteiger partial charge in [-0.3, -0.25) is 4.68 Å². The van der Waals surface area contributed by atoms with E-state index < -0.39 is 11.8 Å². The minimum Gasteiger partial charge on any atom is -0.478 e. The van der Waals surface area contributed by atoms with Crippen LogP contribution in [0, 0.1) is 5.82 Å². The van der Waals surface area contributed by atoms with E-state index in [1.807, 2.05) is 0 Å². The molecule has 0 saturated heterocycles. The van der Waals surface area contributed by atoms with E-state index in [1.54, 1.807) is 13.2 Å². The van der Waals surface area contributed by atoms with Gasteiger partial charge in [0.2, 0.25) is 0 Å². The molecule has 1 aromatic carbocycles. The smallest absolute Gasteiger partial charge is 0.341 e. The lowest BCUT2D eigenvalue weighted by molar-refractivity contribution is 0.0694. The maximum Gasteiger partial charge on any atom is 0.341 e. The van der Waals surface area contributed by atoms with Crippen LogP contribution in [0.15, 0.2) is 18.3 Å². The van der Waals surface area contributed by atoms with Crippen LogP contribution < -0.4 is 0 Å². The molecule has 0 amide bonds. The number of hydrogen-bond acceptors (Lipinski definition) is 2. The van der Waals surface area contributed by atoms with Gasteiger partial charge in [-0.15, -0.1) is 0 Å². The molecule has 4 nitrogen and oxygen atoms in total. The monoisotopic (exact) mass is 194 g/mol. The molecule has 0 aliphatic carbocycles. The maximum atomic E-state index is 13.1. The number of carbonyl (C=O) groups is 1. The molecule has 72 valence electrons. The Kier molecular flexibility index (Phi) is 1.73. The summed E-state index contributed by atoms with van der Waals surface area (Å²) in [6.45, 7) is 0. The summed E-state index contributed by atoms with van der Waals surface area (Å²) in [4.78, 5) is 10.8. The summed E-state index contributed by atoms with van der Waals surface area (Å²) in [5, 5.41) is 13.3. The molecule has 1 N–H and O–H groups in total. The van der Waals surface area contributed by atoms with Crippen LogP contribution in [0.2, 0.25) is 0 Å². The van der Waals surface area contributed by atoms with Crippen LogP contribution in [0.3, 0.4) is 0 Å². The Labute approximate surface area is 78.6 Å². The molecule has 2 rings (SSSR count). The molecule has 1 aromatic heterocycles. The number of carboxylic acids is 1. The van der Waals surface area contributed by atoms with Crippen molar-refractivity contribution in [3.05, 3.63) is 29.7 Å². The second-order valence-electron chi connectivity index (χ2n) is 2.97. The van der Waals surface area contributed by atoms with Crippen LogP contribution in [0.5, 0.6) is 0 Å². The summed E-state index contributed by atoms with van der Waals surface area (Å²) < 4.78 is 14.6. The normalized spacial score (nSPS) is 10.7. The highest BCUT2D eigenvalue weighted by Gasteiger charge is 2.16. The van der Waals surface area contributed by atoms with Gasteiger partial charge in [0.25, 0.3) is 0 Å². The molecule has 0 aliphatic heterocycles. The highest BCUT2D eigenvalue weighted by Crippen LogP contribution is 2.19. The Morgan fingerprint density at radius 2 is 2.29 bits per heavy atom. The standard InChI is InChI=1S/C9H7FN2O2/c1-12-4-5-2-3-6(10)7(9(13)14)8(5)11-12/h2-4H,1H3,(H,13,14). The number of hydrogen-bond donors (Lipinski definition) is 1. The molecule has 0 aliphatic rings. The van der Waals surface area contributed by atoms with Gasteiger partial charge in [-0.1, -0.05) is 0 Å². The number of nitrogens with zero attached hydrogens (tertiary/aromatic N) is 2. The zero-order valence-electron chi connectivity index (χ0n) is 7.36. The minimum absolute atomic E-state index is 0.181. The van der Waals surface area contributed by atoms with E-state index in [1.165, 1.54) is 10.7 Å². The van der Waals surface area contributed by atoms with E-state index >= 15 is 0 Å². The Bertz CT molecular complexity index is 519. The van der Waals surface area contributed by atoms with Crippen molar-refractivity contribution in [3.8, 4) is 0 Å². The van der Waals surface area contributed by atoms with E-state index in [0.717, 1.165) is 6.07 Å². The summed E-state index contributed by atoms with van der Waals surface area (Å²) in [6, 6.07) is 2.64. The van der Waals surface area contributed by atoms with Gasteiger partial charge in [-0.2, -0.15) is 5.10 Å². The molecule has 0 spiro atoms. The third-order valence-electron chi connectivity index (χ3n) is 1.96. The number of aromatic nitrogens is 2. The van der Waals surface area contributed by atoms with Crippen molar-refractivity contribution in [2.24, 2.45) is 7.05 Å². The van der Waals surface area contributed by atoms with E-state index in [9.17, 15) is 9.18 Å². The highest BCUT2D eigenvalue weighted by atomic mass is 19.1. The lowest BCUT2D eigenvalue weighted by atomic mass is 10.1. The van der Waals surface area contributed by atoms with Gasteiger partial charge < -0.3 is 5.11 Å². The molecule has 0 bridgehead atoms. The second kappa shape index (κ2) is 2.80. The predicted molar refractivity (Wildman–Crippen MR) is 47.6 cm³/mol. The Morgan fingerprint density at radius 1 is 1.57 bits per heavy atom. The zero-order chi connectivity index (χ0) is 10.3. The Hall–Kier alpha value is -1.91. The Morgan fingerprint density at radius 3 is 2.93 bits per heavy atom.